The number of ether oxygens (including phenoxy) is 4. The summed E-state index contributed by atoms with van der Waals surface area (Å²) in [5.74, 6) is 2.29. The minimum atomic E-state index is -0.195. The third-order valence-electron chi connectivity index (χ3n) is 5.52. The summed E-state index contributed by atoms with van der Waals surface area (Å²) in [5, 5.41) is 12.3. The summed E-state index contributed by atoms with van der Waals surface area (Å²) in [5.41, 5.74) is 7.50. The molecule has 1 aliphatic rings. The third-order valence-corrected chi connectivity index (χ3v) is 5.52. The lowest BCUT2D eigenvalue weighted by Gasteiger charge is -2.12. The van der Waals surface area contributed by atoms with E-state index in [-0.39, 0.29) is 12.7 Å². The highest BCUT2D eigenvalue weighted by Crippen LogP contribution is 2.35. The molecular formula is C27H34N8O5. The molecule has 13 heteroatoms. The number of benzene rings is 2. The summed E-state index contributed by atoms with van der Waals surface area (Å²) in [7, 11) is 0. The molecule has 0 saturated heterocycles. The van der Waals surface area contributed by atoms with E-state index in [2.05, 4.69) is 42.8 Å². The normalized spacial score (nSPS) is 11.6. The fraction of sp³-hybridized carbons (Fsp3) is 0.333. The van der Waals surface area contributed by atoms with Crippen molar-refractivity contribution in [3.63, 3.8) is 0 Å². The molecule has 2 aromatic carbocycles. The summed E-state index contributed by atoms with van der Waals surface area (Å²) in [6.45, 7) is 7.52. The molecule has 0 saturated carbocycles. The molecule has 0 fully saturated rings. The monoisotopic (exact) mass is 550 g/mol. The molecule has 1 amide bonds. The van der Waals surface area contributed by atoms with Gasteiger partial charge in [-0.2, -0.15) is 15.0 Å². The van der Waals surface area contributed by atoms with Crippen LogP contribution in [-0.4, -0.2) is 73.7 Å². The van der Waals surface area contributed by atoms with Crippen molar-refractivity contribution in [1.29, 1.82) is 0 Å². The van der Waals surface area contributed by atoms with E-state index in [0.717, 1.165) is 5.56 Å². The third kappa shape index (κ3) is 8.53. The van der Waals surface area contributed by atoms with Gasteiger partial charge in [0.15, 0.2) is 11.5 Å². The number of aromatic nitrogens is 3. The molecule has 0 aliphatic carbocycles. The fourth-order valence-corrected chi connectivity index (χ4v) is 3.64. The van der Waals surface area contributed by atoms with Crippen molar-refractivity contribution in [2.45, 2.75) is 6.54 Å². The molecule has 0 spiro atoms. The molecule has 13 nitrogen and oxygen atoms in total. The molecule has 1 aromatic heterocycles. The average molecular weight is 551 g/mol. The van der Waals surface area contributed by atoms with Crippen molar-refractivity contribution in [2.24, 2.45) is 5.73 Å². The van der Waals surface area contributed by atoms with Gasteiger partial charge < -0.3 is 45.9 Å². The standard InChI is InChI=1S/C27H34N8O5/c1-2-11-30-25-33-26(31-17-20-4-3-5-22-23(20)40-18-39-22)35-27(34-25)32-21-8-6-19(7-9-21)24(36)29-12-14-38-16-15-37-13-10-28/h2-9H,1,10-18,28H2,(H,29,36)(H3,30,31,32,33,34,35). The van der Waals surface area contributed by atoms with Crippen molar-refractivity contribution >= 4 is 29.4 Å². The summed E-state index contributed by atoms with van der Waals surface area (Å²) in [6, 6.07) is 12.7. The van der Waals surface area contributed by atoms with Crippen LogP contribution in [0.2, 0.25) is 0 Å². The molecule has 1 aliphatic heterocycles. The highest BCUT2D eigenvalue weighted by Gasteiger charge is 2.17. The van der Waals surface area contributed by atoms with Gasteiger partial charge in [-0.3, -0.25) is 4.79 Å². The Morgan fingerprint density at radius 3 is 2.48 bits per heavy atom. The number of nitrogens with zero attached hydrogens (tertiary/aromatic N) is 3. The second-order valence-electron chi connectivity index (χ2n) is 8.45. The number of anilines is 4. The van der Waals surface area contributed by atoms with Crippen molar-refractivity contribution in [3.8, 4) is 11.5 Å². The van der Waals surface area contributed by atoms with Gasteiger partial charge in [0.2, 0.25) is 24.6 Å². The van der Waals surface area contributed by atoms with Crippen LogP contribution in [0.15, 0.2) is 55.1 Å². The first-order valence-corrected chi connectivity index (χ1v) is 12.9. The van der Waals surface area contributed by atoms with Crippen molar-refractivity contribution in [1.82, 2.24) is 20.3 Å². The van der Waals surface area contributed by atoms with Gasteiger partial charge in [0, 0.05) is 43.0 Å². The van der Waals surface area contributed by atoms with Crippen LogP contribution >= 0.6 is 0 Å². The lowest BCUT2D eigenvalue weighted by atomic mass is 10.2. The van der Waals surface area contributed by atoms with E-state index in [0.29, 0.717) is 93.2 Å². The first kappa shape index (κ1) is 28.5. The van der Waals surface area contributed by atoms with Crippen LogP contribution in [0.4, 0.5) is 23.5 Å². The Morgan fingerprint density at radius 1 is 0.950 bits per heavy atom. The highest BCUT2D eigenvalue weighted by atomic mass is 16.7. The van der Waals surface area contributed by atoms with Crippen LogP contribution in [0.5, 0.6) is 11.5 Å². The maximum absolute atomic E-state index is 12.4. The molecule has 6 N–H and O–H groups in total. The topological polar surface area (TPSA) is 167 Å². The molecule has 212 valence electrons. The molecule has 2 heterocycles. The number of nitrogens with two attached hydrogens (primary N) is 1. The summed E-state index contributed by atoms with van der Waals surface area (Å²) >= 11 is 0. The number of amides is 1. The predicted octanol–water partition coefficient (Wildman–Crippen LogP) is 2.28. The average Bonchev–Trinajstić information content (AvgIpc) is 3.46. The van der Waals surface area contributed by atoms with Gasteiger partial charge in [-0.05, 0) is 30.3 Å². The zero-order valence-corrected chi connectivity index (χ0v) is 22.2. The van der Waals surface area contributed by atoms with E-state index in [1.165, 1.54) is 0 Å². The molecule has 40 heavy (non-hydrogen) atoms. The van der Waals surface area contributed by atoms with Crippen LogP contribution in [0, 0.1) is 0 Å². The first-order chi connectivity index (χ1) is 19.7. The van der Waals surface area contributed by atoms with Gasteiger partial charge in [-0.25, -0.2) is 0 Å². The van der Waals surface area contributed by atoms with Crippen LogP contribution in [-0.2, 0) is 16.0 Å². The van der Waals surface area contributed by atoms with Crippen molar-refractivity contribution in [2.75, 3.05) is 68.8 Å². The molecular weight excluding hydrogens is 516 g/mol. The van der Waals surface area contributed by atoms with E-state index < -0.39 is 0 Å². The van der Waals surface area contributed by atoms with Gasteiger partial charge in [0.05, 0.1) is 26.4 Å². The van der Waals surface area contributed by atoms with Crippen LogP contribution in [0.1, 0.15) is 15.9 Å². The van der Waals surface area contributed by atoms with E-state index in [1.54, 1.807) is 30.3 Å². The lowest BCUT2D eigenvalue weighted by molar-refractivity contribution is 0.0511. The van der Waals surface area contributed by atoms with Crippen LogP contribution in [0.25, 0.3) is 0 Å². The second-order valence-corrected chi connectivity index (χ2v) is 8.45. The SMILES string of the molecule is C=CCNc1nc(NCc2cccc3c2OCO3)nc(Nc2ccc(C(=O)NCCOCCOCCN)cc2)n1. The molecule has 4 rings (SSSR count). The Labute approximate surface area is 232 Å². The van der Waals surface area contributed by atoms with Gasteiger partial charge in [0.1, 0.15) is 0 Å². The van der Waals surface area contributed by atoms with E-state index in [1.807, 2.05) is 18.2 Å². The minimum Gasteiger partial charge on any atom is -0.454 e. The maximum Gasteiger partial charge on any atom is 0.251 e. The van der Waals surface area contributed by atoms with Crippen LogP contribution in [0.3, 0.4) is 0 Å². The number of carbonyl (C=O) groups is 1. The second kappa shape index (κ2) is 15.2. The summed E-state index contributed by atoms with van der Waals surface area (Å²) < 4.78 is 21.7. The highest BCUT2D eigenvalue weighted by molar-refractivity contribution is 5.94. The van der Waals surface area contributed by atoms with Crippen LogP contribution < -0.4 is 36.5 Å². The number of para-hydroxylation sites is 1. The lowest BCUT2D eigenvalue weighted by Crippen LogP contribution is -2.27. The maximum atomic E-state index is 12.4. The number of carbonyl (C=O) groups excluding carboxylic acids is 1. The smallest absolute Gasteiger partial charge is 0.251 e. The Morgan fingerprint density at radius 2 is 1.70 bits per heavy atom. The summed E-state index contributed by atoms with van der Waals surface area (Å²) in [6.07, 6.45) is 1.71. The first-order valence-electron chi connectivity index (χ1n) is 12.9. The molecule has 0 atom stereocenters. The number of fused-ring (bicyclic) bond motifs is 1. The zero-order chi connectivity index (χ0) is 28.0. The molecule has 0 radical (unpaired) electrons. The molecule has 3 aromatic rings. The largest absolute Gasteiger partial charge is 0.454 e. The predicted molar refractivity (Wildman–Crippen MR) is 151 cm³/mol. The number of hydrogen-bond donors (Lipinski definition) is 5. The van der Waals surface area contributed by atoms with Gasteiger partial charge in [0.25, 0.3) is 5.91 Å². The van der Waals surface area contributed by atoms with Crippen molar-refractivity contribution < 1.29 is 23.7 Å². The van der Waals surface area contributed by atoms with Crippen molar-refractivity contribution in [3.05, 3.63) is 66.2 Å². The quantitative estimate of drug-likeness (QED) is 0.123. The number of rotatable bonds is 17. The van der Waals surface area contributed by atoms with Gasteiger partial charge >= 0.3 is 0 Å². The summed E-state index contributed by atoms with van der Waals surface area (Å²) in [4.78, 5) is 25.8. The molecule has 0 unspecified atom stereocenters. The number of nitrogens with one attached hydrogen (secondary N) is 4. The minimum absolute atomic E-state index is 0.195. The van der Waals surface area contributed by atoms with E-state index in [4.69, 9.17) is 24.7 Å². The van der Waals surface area contributed by atoms with E-state index in [9.17, 15) is 4.79 Å². The Kier molecular flexibility index (Phi) is 10.9. The van der Waals surface area contributed by atoms with Gasteiger partial charge in [-0.15, -0.1) is 6.58 Å². The Balaban J connectivity index is 1.32. The Hall–Kier alpha value is -4.46. The van der Waals surface area contributed by atoms with Gasteiger partial charge in [-0.1, -0.05) is 18.2 Å². The molecule has 0 bridgehead atoms. The van der Waals surface area contributed by atoms with E-state index >= 15 is 0 Å². The number of hydrogen-bond acceptors (Lipinski definition) is 12. The fourth-order valence-electron chi connectivity index (χ4n) is 3.64. The Bertz CT molecular complexity index is 1260. The zero-order valence-electron chi connectivity index (χ0n) is 22.2.